The molecule has 1 aliphatic carbocycles. The number of carbonyl (C=O) groups excluding carboxylic acids is 2. The quantitative estimate of drug-likeness (QED) is 0.548. The lowest BCUT2D eigenvalue weighted by Crippen LogP contribution is -2.23. The average molecular weight is 388 g/mol. The summed E-state index contributed by atoms with van der Waals surface area (Å²) in [6.07, 6.45) is 6.50. The third kappa shape index (κ3) is 5.85. The number of hydrogen-bond acceptors (Lipinski definition) is 5. The lowest BCUT2D eigenvalue weighted by atomic mass is 10.2. The second-order valence-electron chi connectivity index (χ2n) is 6.72. The second kappa shape index (κ2) is 9.60. The Balaban J connectivity index is 1.37. The molecule has 2 aromatic rings. The van der Waals surface area contributed by atoms with E-state index in [-0.39, 0.29) is 24.9 Å². The molecule has 0 unspecified atom stereocenters. The highest BCUT2D eigenvalue weighted by atomic mass is 32.2. The van der Waals surface area contributed by atoms with E-state index in [2.05, 4.69) is 10.4 Å². The molecule has 0 atom stereocenters. The van der Waals surface area contributed by atoms with Gasteiger partial charge < -0.3 is 10.1 Å². The van der Waals surface area contributed by atoms with E-state index >= 15 is 0 Å². The fraction of sp³-hybridized carbons (Fsp3) is 0.450. The number of aryl methyl sites for hydroxylation is 1. The lowest BCUT2D eigenvalue weighted by molar-refractivity contribution is -0.146. The summed E-state index contributed by atoms with van der Waals surface area (Å²) < 4.78 is 6.95. The van der Waals surface area contributed by atoms with Crippen molar-refractivity contribution in [3.63, 3.8) is 0 Å². The highest BCUT2D eigenvalue weighted by Gasteiger charge is 2.20. The molecule has 1 fully saturated rings. The number of carbonyl (C=O) groups is 2. The Kier molecular flexibility index (Phi) is 6.92. The second-order valence-corrected chi connectivity index (χ2v) is 7.89. The van der Waals surface area contributed by atoms with Crippen molar-refractivity contribution in [3.8, 4) is 0 Å². The minimum absolute atomic E-state index is 0.270. The van der Waals surface area contributed by atoms with Gasteiger partial charge in [0, 0.05) is 16.7 Å². The smallest absolute Gasteiger partial charge is 0.307 e. The van der Waals surface area contributed by atoms with Gasteiger partial charge in [-0.15, -0.1) is 11.8 Å². The number of aromatic nitrogens is 2. The van der Waals surface area contributed by atoms with Crippen LogP contribution >= 0.6 is 11.8 Å². The number of rotatable bonds is 8. The van der Waals surface area contributed by atoms with Crippen LogP contribution in [0.5, 0.6) is 0 Å². The molecule has 1 heterocycles. The largest absolute Gasteiger partial charge is 0.456 e. The predicted molar refractivity (Wildman–Crippen MR) is 106 cm³/mol. The molecule has 1 saturated carbocycles. The van der Waals surface area contributed by atoms with Gasteiger partial charge in [0.2, 0.25) is 0 Å². The first-order chi connectivity index (χ1) is 13.1. The molecule has 144 valence electrons. The fourth-order valence-electron chi connectivity index (χ4n) is 3.14. The molecule has 3 rings (SSSR count). The fourth-order valence-corrected chi connectivity index (χ4v) is 3.97. The van der Waals surface area contributed by atoms with Crippen molar-refractivity contribution in [3.05, 3.63) is 42.1 Å². The van der Waals surface area contributed by atoms with Gasteiger partial charge in [-0.1, -0.05) is 30.5 Å². The summed E-state index contributed by atoms with van der Waals surface area (Å²) in [5.74, 6) is 0.582. The Hall–Kier alpha value is -2.28. The molecule has 0 bridgehead atoms. The zero-order chi connectivity index (χ0) is 19.1. The summed E-state index contributed by atoms with van der Waals surface area (Å²) >= 11 is 1.60. The van der Waals surface area contributed by atoms with Gasteiger partial charge in [0.25, 0.3) is 5.91 Å². The Morgan fingerprint density at radius 1 is 1.22 bits per heavy atom. The number of thioether (sulfide) groups is 1. The minimum Gasteiger partial charge on any atom is -0.456 e. The van der Waals surface area contributed by atoms with Crippen molar-refractivity contribution in [2.75, 3.05) is 17.7 Å². The normalized spacial score (nSPS) is 14.3. The Labute approximate surface area is 163 Å². The van der Waals surface area contributed by atoms with Gasteiger partial charge in [-0.05, 0) is 31.9 Å². The highest BCUT2D eigenvalue weighted by Crippen LogP contribution is 2.31. The number of ether oxygens (including phenoxy) is 1. The lowest BCUT2D eigenvalue weighted by Gasteiger charge is -2.14. The maximum absolute atomic E-state index is 12.1. The van der Waals surface area contributed by atoms with Crippen LogP contribution in [0.3, 0.4) is 0 Å². The van der Waals surface area contributed by atoms with Crippen LogP contribution < -0.4 is 5.32 Å². The number of esters is 1. The van der Waals surface area contributed by atoms with Crippen LogP contribution in [0.4, 0.5) is 5.82 Å². The first-order valence-corrected chi connectivity index (χ1v) is 10.3. The van der Waals surface area contributed by atoms with Crippen molar-refractivity contribution in [2.45, 2.75) is 50.0 Å². The Morgan fingerprint density at radius 3 is 2.70 bits per heavy atom. The van der Waals surface area contributed by atoms with Crippen LogP contribution in [0, 0.1) is 6.92 Å². The number of nitrogens with one attached hydrogen (secondary N) is 1. The predicted octanol–water partition coefficient (Wildman–Crippen LogP) is 3.97. The summed E-state index contributed by atoms with van der Waals surface area (Å²) in [5, 5.41) is 7.10. The molecule has 1 N–H and O–H groups in total. The van der Waals surface area contributed by atoms with Gasteiger partial charge in [-0.3, -0.25) is 9.59 Å². The van der Waals surface area contributed by atoms with E-state index in [9.17, 15) is 9.59 Å². The molecule has 7 heteroatoms. The van der Waals surface area contributed by atoms with E-state index in [4.69, 9.17) is 4.74 Å². The molecule has 6 nitrogen and oxygen atoms in total. The van der Waals surface area contributed by atoms with E-state index in [0.717, 1.165) is 17.7 Å². The monoisotopic (exact) mass is 387 g/mol. The standard InChI is InChI=1S/C20H25N3O3S/c1-15-6-8-17(9-7-15)27-13-11-20(25)26-14-19(24)22-18-10-12-21-23(18)16-4-2-3-5-16/h6-10,12,16H,2-5,11,13-14H2,1H3,(H,22,24). The summed E-state index contributed by atoms with van der Waals surface area (Å²) in [4.78, 5) is 25.0. The van der Waals surface area contributed by atoms with E-state index in [1.165, 1.54) is 18.4 Å². The maximum atomic E-state index is 12.1. The molecule has 27 heavy (non-hydrogen) atoms. The molecule has 1 aliphatic rings. The molecule has 0 saturated heterocycles. The van der Waals surface area contributed by atoms with Crippen LogP contribution in [-0.2, 0) is 14.3 Å². The van der Waals surface area contributed by atoms with E-state index in [1.54, 1.807) is 24.0 Å². The molecular formula is C20H25N3O3S. The Bertz CT molecular complexity index is 767. The van der Waals surface area contributed by atoms with Crippen LogP contribution in [0.15, 0.2) is 41.4 Å². The maximum Gasteiger partial charge on any atom is 0.307 e. The Morgan fingerprint density at radius 2 is 1.96 bits per heavy atom. The van der Waals surface area contributed by atoms with Crippen LogP contribution in [0.2, 0.25) is 0 Å². The van der Waals surface area contributed by atoms with Crippen molar-refractivity contribution >= 4 is 29.5 Å². The SMILES string of the molecule is Cc1ccc(SCCC(=O)OCC(=O)Nc2ccnn2C2CCCC2)cc1. The van der Waals surface area contributed by atoms with Crippen molar-refractivity contribution in [1.29, 1.82) is 0 Å². The molecular weight excluding hydrogens is 362 g/mol. The van der Waals surface area contributed by atoms with Gasteiger partial charge >= 0.3 is 5.97 Å². The topological polar surface area (TPSA) is 73.2 Å². The minimum atomic E-state index is -0.367. The van der Waals surface area contributed by atoms with Crippen molar-refractivity contribution in [1.82, 2.24) is 9.78 Å². The highest BCUT2D eigenvalue weighted by molar-refractivity contribution is 7.99. The van der Waals surface area contributed by atoms with Gasteiger partial charge in [0.1, 0.15) is 5.82 Å². The van der Waals surface area contributed by atoms with Gasteiger partial charge in [-0.2, -0.15) is 5.10 Å². The van der Waals surface area contributed by atoms with E-state index < -0.39 is 0 Å². The van der Waals surface area contributed by atoms with E-state index in [1.807, 2.05) is 35.9 Å². The third-order valence-corrected chi connectivity index (χ3v) is 5.58. The molecule has 1 amide bonds. The van der Waals surface area contributed by atoms with Crippen LogP contribution in [-0.4, -0.2) is 34.0 Å². The zero-order valence-electron chi connectivity index (χ0n) is 15.5. The van der Waals surface area contributed by atoms with Crippen LogP contribution in [0.25, 0.3) is 0 Å². The number of amides is 1. The van der Waals surface area contributed by atoms with Crippen molar-refractivity contribution in [2.24, 2.45) is 0 Å². The summed E-state index contributed by atoms with van der Waals surface area (Å²) in [5.41, 5.74) is 1.21. The van der Waals surface area contributed by atoms with E-state index in [0.29, 0.717) is 17.6 Å². The van der Waals surface area contributed by atoms with Gasteiger partial charge in [0.15, 0.2) is 6.61 Å². The zero-order valence-corrected chi connectivity index (χ0v) is 16.3. The number of benzene rings is 1. The summed E-state index contributed by atoms with van der Waals surface area (Å²) in [6, 6.07) is 10.3. The molecule has 0 aliphatic heterocycles. The third-order valence-electron chi connectivity index (χ3n) is 4.57. The first kappa shape index (κ1) is 19.5. The number of hydrogen-bond donors (Lipinski definition) is 1. The van der Waals surface area contributed by atoms with Gasteiger partial charge in [-0.25, -0.2) is 4.68 Å². The van der Waals surface area contributed by atoms with Gasteiger partial charge in [0.05, 0.1) is 18.7 Å². The first-order valence-electron chi connectivity index (χ1n) is 9.30. The molecule has 0 spiro atoms. The molecule has 0 radical (unpaired) electrons. The van der Waals surface area contributed by atoms with Crippen molar-refractivity contribution < 1.29 is 14.3 Å². The molecule has 1 aromatic carbocycles. The number of anilines is 1. The summed E-state index contributed by atoms with van der Waals surface area (Å²) in [7, 11) is 0. The van der Waals surface area contributed by atoms with Crippen LogP contribution in [0.1, 0.15) is 43.7 Å². The molecule has 1 aromatic heterocycles. The summed E-state index contributed by atoms with van der Waals surface area (Å²) in [6.45, 7) is 1.77. The average Bonchev–Trinajstić information content (AvgIpc) is 3.33. The number of nitrogens with zero attached hydrogens (tertiary/aromatic N) is 2.